The third kappa shape index (κ3) is 12.5. The molecule has 0 spiro atoms. The average molecular weight is 568 g/mol. The Morgan fingerprint density at radius 2 is 1.77 bits per heavy atom. The zero-order valence-corrected chi connectivity index (χ0v) is 24.3. The molecule has 3 amide bonds. The number of hydrogen-bond donors (Lipinski definition) is 5. The van der Waals surface area contributed by atoms with Gasteiger partial charge in [-0.25, -0.2) is 4.79 Å². The number of amides is 3. The minimum Gasteiger partial charge on any atom is -0.495 e. The second kappa shape index (κ2) is 16.1. The van der Waals surface area contributed by atoms with E-state index >= 15 is 0 Å². The quantitative estimate of drug-likeness (QED) is 0.192. The number of benzene rings is 1. The van der Waals surface area contributed by atoms with Gasteiger partial charge in [-0.2, -0.15) is 0 Å². The first-order valence-electron chi connectivity index (χ1n) is 12.9. The van der Waals surface area contributed by atoms with Gasteiger partial charge in [0.1, 0.15) is 17.8 Å². The Morgan fingerprint density at radius 3 is 2.31 bits per heavy atom. The van der Waals surface area contributed by atoms with Crippen molar-refractivity contribution in [3.05, 3.63) is 40.9 Å². The van der Waals surface area contributed by atoms with Crippen LogP contribution in [-0.4, -0.2) is 65.7 Å². The number of nitrogens with one attached hydrogen (secondary N) is 3. The molecule has 0 unspecified atom stereocenters. The molecule has 0 bridgehead atoms. The topological polar surface area (TPSA) is 154 Å². The molecule has 218 valence electrons. The number of carboxylic acids is 1. The van der Waals surface area contributed by atoms with E-state index in [0.29, 0.717) is 29.2 Å². The number of carbonyl (C=O) groups is 4. The van der Waals surface area contributed by atoms with Crippen LogP contribution in [0.5, 0.6) is 5.75 Å². The van der Waals surface area contributed by atoms with Crippen molar-refractivity contribution in [2.45, 2.75) is 78.5 Å². The fourth-order valence-electron chi connectivity index (χ4n) is 3.59. The highest BCUT2D eigenvalue weighted by Gasteiger charge is 2.33. The predicted octanol–water partition coefficient (Wildman–Crippen LogP) is 2.85. The highest BCUT2D eigenvalue weighted by Crippen LogP contribution is 2.25. The number of carbonyl (C=O) groups excluding carboxylic acids is 3. The minimum absolute atomic E-state index is 0.0612. The van der Waals surface area contributed by atoms with Gasteiger partial charge in [-0.1, -0.05) is 37.6 Å². The molecule has 5 N–H and O–H groups in total. The van der Waals surface area contributed by atoms with Gasteiger partial charge in [0, 0.05) is 13.0 Å². The van der Waals surface area contributed by atoms with Crippen LogP contribution < -0.4 is 20.7 Å². The molecule has 11 heteroatoms. The Morgan fingerprint density at radius 1 is 1.10 bits per heavy atom. The van der Waals surface area contributed by atoms with Crippen molar-refractivity contribution in [3.8, 4) is 5.75 Å². The molecule has 1 aromatic rings. The number of halogens is 1. The van der Waals surface area contributed by atoms with Crippen LogP contribution in [0.1, 0.15) is 59.4 Å². The fourth-order valence-corrected chi connectivity index (χ4v) is 3.87. The Hall–Kier alpha value is -3.11. The summed E-state index contributed by atoms with van der Waals surface area (Å²) < 4.78 is 5.17. The molecule has 0 fully saturated rings. The van der Waals surface area contributed by atoms with Gasteiger partial charge in [0.2, 0.25) is 17.7 Å². The zero-order valence-electron chi connectivity index (χ0n) is 23.5. The standard InChI is InChI=1S/C28H42ClN3O7/c1-17(2)13-22(26(36)37)32-27(38)28(4,5)16-30-25(35)21(31-24(34)10-8-7-9-18(3)33)15-19-11-12-23(39-6)20(29)14-19/h8,10-12,14,17-18,21-22,33H,7,9,13,15-16H2,1-6H3,(H,30,35)(H,31,34)(H,32,38)(H,36,37)/b10-8+/t18-,21+,22-/m0/s1. The number of carboxylic acid groups (broad SMARTS) is 1. The van der Waals surface area contributed by atoms with Crippen molar-refractivity contribution in [3.63, 3.8) is 0 Å². The normalized spacial score (nSPS) is 14.0. The van der Waals surface area contributed by atoms with E-state index in [1.54, 1.807) is 45.0 Å². The number of aliphatic carboxylic acids is 1. The van der Waals surface area contributed by atoms with E-state index in [1.165, 1.54) is 13.2 Å². The molecule has 0 saturated heterocycles. The van der Waals surface area contributed by atoms with Crippen molar-refractivity contribution >= 4 is 35.3 Å². The van der Waals surface area contributed by atoms with Crippen molar-refractivity contribution in [1.82, 2.24) is 16.0 Å². The van der Waals surface area contributed by atoms with Crippen LogP contribution in [-0.2, 0) is 25.6 Å². The lowest BCUT2D eigenvalue weighted by atomic mass is 9.91. The molecule has 0 saturated carbocycles. The molecular formula is C28H42ClN3O7. The molecule has 0 aliphatic heterocycles. The maximum Gasteiger partial charge on any atom is 0.326 e. The Bertz CT molecular complexity index is 1020. The van der Waals surface area contributed by atoms with Crippen LogP contribution in [0.3, 0.4) is 0 Å². The number of aliphatic hydroxyl groups excluding tert-OH is 1. The van der Waals surface area contributed by atoms with Gasteiger partial charge >= 0.3 is 5.97 Å². The fraction of sp³-hybridized carbons (Fsp3) is 0.571. The van der Waals surface area contributed by atoms with E-state index in [4.69, 9.17) is 16.3 Å². The van der Waals surface area contributed by atoms with Gasteiger partial charge in [0.05, 0.1) is 23.7 Å². The summed E-state index contributed by atoms with van der Waals surface area (Å²) in [5.74, 6) is -2.12. The summed E-state index contributed by atoms with van der Waals surface area (Å²) in [4.78, 5) is 50.1. The maximum absolute atomic E-state index is 13.2. The summed E-state index contributed by atoms with van der Waals surface area (Å²) in [6, 6.07) is 3.00. The third-order valence-corrected chi connectivity index (χ3v) is 6.23. The zero-order chi connectivity index (χ0) is 29.8. The smallest absolute Gasteiger partial charge is 0.326 e. The lowest BCUT2D eigenvalue weighted by molar-refractivity contribution is -0.144. The van der Waals surface area contributed by atoms with E-state index < -0.39 is 47.3 Å². The summed E-state index contributed by atoms with van der Waals surface area (Å²) >= 11 is 6.23. The van der Waals surface area contributed by atoms with Crippen LogP contribution in [0.25, 0.3) is 0 Å². The number of methoxy groups -OCH3 is 1. The summed E-state index contributed by atoms with van der Waals surface area (Å²) in [5, 5.41) is 27.1. The van der Waals surface area contributed by atoms with Crippen molar-refractivity contribution < 1.29 is 34.1 Å². The first-order chi connectivity index (χ1) is 18.2. The second-order valence-electron chi connectivity index (χ2n) is 10.7. The highest BCUT2D eigenvalue weighted by molar-refractivity contribution is 6.32. The molecule has 0 aromatic heterocycles. The molecule has 0 aliphatic carbocycles. The molecule has 10 nitrogen and oxygen atoms in total. The molecule has 0 radical (unpaired) electrons. The molecular weight excluding hydrogens is 526 g/mol. The monoisotopic (exact) mass is 567 g/mol. The van der Waals surface area contributed by atoms with Gasteiger partial charge in [-0.05, 0) is 69.7 Å². The maximum atomic E-state index is 13.2. The lowest BCUT2D eigenvalue weighted by Crippen LogP contribution is -2.53. The van der Waals surface area contributed by atoms with E-state index in [-0.39, 0.29) is 25.3 Å². The predicted molar refractivity (Wildman–Crippen MR) is 150 cm³/mol. The van der Waals surface area contributed by atoms with Crippen molar-refractivity contribution in [2.24, 2.45) is 11.3 Å². The number of ether oxygens (including phenoxy) is 1. The number of allylic oxidation sites excluding steroid dienone is 1. The van der Waals surface area contributed by atoms with Crippen molar-refractivity contribution in [1.29, 1.82) is 0 Å². The first kappa shape index (κ1) is 33.9. The second-order valence-corrected chi connectivity index (χ2v) is 11.1. The van der Waals surface area contributed by atoms with Crippen LogP contribution in [0.15, 0.2) is 30.4 Å². The number of aliphatic hydroxyl groups is 1. The Labute approximate surface area is 235 Å². The largest absolute Gasteiger partial charge is 0.495 e. The number of hydrogen-bond acceptors (Lipinski definition) is 6. The van der Waals surface area contributed by atoms with Gasteiger partial charge in [-0.3, -0.25) is 14.4 Å². The summed E-state index contributed by atoms with van der Waals surface area (Å²) in [7, 11) is 1.49. The van der Waals surface area contributed by atoms with Crippen molar-refractivity contribution in [2.75, 3.05) is 13.7 Å². The molecule has 1 rings (SSSR count). The van der Waals surface area contributed by atoms with Gasteiger partial charge in [-0.15, -0.1) is 0 Å². The summed E-state index contributed by atoms with van der Waals surface area (Å²) in [6.45, 7) is 8.48. The van der Waals surface area contributed by atoms with Gasteiger partial charge < -0.3 is 30.9 Å². The SMILES string of the molecule is COc1ccc(C[C@@H](NC(=O)/C=C/CC[C@H](C)O)C(=O)NCC(C)(C)C(=O)N[C@@H](CC(C)C)C(=O)O)cc1Cl. The summed E-state index contributed by atoms with van der Waals surface area (Å²) in [6.07, 6.45) is 3.81. The summed E-state index contributed by atoms with van der Waals surface area (Å²) in [5.41, 5.74) is -0.450. The first-order valence-corrected chi connectivity index (χ1v) is 13.3. The van der Waals surface area contributed by atoms with Crippen LogP contribution in [0.2, 0.25) is 5.02 Å². The highest BCUT2D eigenvalue weighted by atomic mass is 35.5. The van der Waals surface area contributed by atoms with E-state index in [1.807, 2.05) is 13.8 Å². The molecule has 1 aromatic carbocycles. The third-order valence-electron chi connectivity index (χ3n) is 5.94. The lowest BCUT2D eigenvalue weighted by Gasteiger charge is -2.28. The molecule has 3 atom stereocenters. The van der Waals surface area contributed by atoms with Crippen LogP contribution in [0, 0.1) is 11.3 Å². The molecule has 0 aliphatic rings. The van der Waals surface area contributed by atoms with Gasteiger partial charge in [0.25, 0.3) is 0 Å². The van der Waals surface area contributed by atoms with Crippen LogP contribution >= 0.6 is 11.6 Å². The Balaban J connectivity index is 2.98. The molecule has 0 heterocycles. The minimum atomic E-state index is -1.13. The van der Waals surface area contributed by atoms with Crippen LogP contribution in [0.4, 0.5) is 0 Å². The number of rotatable bonds is 16. The van der Waals surface area contributed by atoms with E-state index in [2.05, 4.69) is 16.0 Å². The van der Waals surface area contributed by atoms with E-state index in [0.717, 1.165) is 0 Å². The average Bonchev–Trinajstić information content (AvgIpc) is 2.84. The Kier molecular flexibility index (Phi) is 14.0. The van der Waals surface area contributed by atoms with Gasteiger partial charge in [0.15, 0.2) is 0 Å². The molecule has 39 heavy (non-hydrogen) atoms. The van der Waals surface area contributed by atoms with E-state index in [9.17, 15) is 29.4 Å².